The van der Waals surface area contributed by atoms with Gasteiger partial charge in [0.15, 0.2) is 0 Å². The number of rotatable bonds is 2. The fourth-order valence-corrected chi connectivity index (χ4v) is 3.23. The Balaban J connectivity index is 2.49. The molecule has 100 valence electrons. The summed E-state index contributed by atoms with van der Waals surface area (Å²) < 4.78 is 15.4. The molecule has 0 heterocycles. The molecule has 0 bridgehead atoms. The van der Waals surface area contributed by atoms with Gasteiger partial charge in [-0.05, 0) is 58.2 Å². The van der Waals surface area contributed by atoms with Crippen LogP contribution in [0.2, 0.25) is 5.02 Å². The van der Waals surface area contributed by atoms with E-state index in [0.717, 1.165) is 15.6 Å². The first-order chi connectivity index (χ1) is 8.88. The van der Waals surface area contributed by atoms with Gasteiger partial charge in [-0.3, -0.25) is 0 Å². The zero-order valence-electron chi connectivity index (χ0n) is 9.85. The van der Waals surface area contributed by atoms with E-state index in [-0.39, 0.29) is 5.82 Å². The summed E-state index contributed by atoms with van der Waals surface area (Å²) in [7, 11) is 0. The lowest BCUT2D eigenvalue weighted by molar-refractivity contribution is 0.611. The van der Waals surface area contributed by atoms with Gasteiger partial charge in [-0.2, -0.15) is 0 Å². The first kappa shape index (κ1) is 15.3. The third kappa shape index (κ3) is 3.52. The molecule has 0 amide bonds. The molecule has 1 unspecified atom stereocenters. The molecule has 2 aromatic carbocycles. The summed E-state index contributed by atoms with van der Waals surface area (Å²) in [6.07, 6.45) is 0. The minimum absolute atomic E-state index is 0.368. The van der Waals surface area contributed by atoms with E-state index in [2.05, 4.69) is 31.9 Å². The van der Waals surface area contributed by atoms with Crippen LogP contribution in [-0.4, -0.2) is 0 Å². The highest BCUT2D eigenvalue weighted by atomic mass is 79.9. The number of benzene rings is 2. The molecule has 0 aliphatic rings. The highest BCUT2D eigenvalue weighted by molar-refractivity contribution is 9.10. The van der Waals surface area contributed by atoms with Crippen molar-refractivity contribution in [2.75, 3.05) is 0 Å². The van der Waals surface area contributed by atoms with Crippen LogP contribution in [0, 0.1) is 12.7 Å². The lowest BCUT2D eigenvalue weighted by Crippen LogP contribution is -1.98. The van der Waals surface area contributed by atoms with Gasteiger partial charge in [-0.25, -0.2) is 4.39 Å². The zero-order chi connectivity index (χ0) is 14.2. The van der Waals surface area contributed by atoms with Crippen molar-refractivity contribution >= 4 is 55.1 Å². The predicted molar refractivity (Wildman–Crippen MR) is 85.7 cm³/mol. The van der Waals surface area contributed by atoms with Crippen molar-refractivity contribution in [1.29, 1.82) is 0 Å². The molecule has 0 saturated carbocycles. The minimum Gasteiger partial charge on any atom is -0.207 e. The standard InChI is InChI=1S/C14H9Br2Cl2F/c1-7-2-8(4-9(15)3-7)14(18)10-5-12(17)11(16)6-13(10)19/h2-6,14H,1H3. The van der Waals surface area contributed by atoms with Gasteiger partial charge in [0.2, 0.25) is 0 Å². The van der Waals surface area contributed by atoms with Crippen LogP contribution in [0.3, 0.4) is 0 Å². The van der Waals surface area contributed by atoms with Crippen molar-refractivity contribution in [3.05, 3.63) is 66.8 Å². The van der Waals surface area contributed by atoms with Gasteiger partial charge in [-0.1, -0.05) is 33.6 Å². The molecule has 2 rings (SSSR count). The molecule has 0 fully saturated rings. The summed E-state index contributed by atoms with van der Waals surface area (Å²) in [6, 6.07) is 8.66. The highest BCUT2D eigenvalue weighted by Gasteiger charge is 2.18. The fourth-order valence-electron chi connectivity index (χ4n) is 1.82. The minimum atomic E-state index is -0.582. The second-order valence-electron chi connectivity index (χ2n) is 4.21. The smallest absolute Gasteiger partial charge is 0.129 e. The number of hydrogen-bond donors (Lipinski definition) is 0. The van der Waals surface area contributed by atoms with Crippen LogP contribution in [0.25, 0.3) is 0 Å². The van der Waals surface area contributed by atoms with Crippen LogP contribution in [-0.2, 0) is 0 Å². The van der Waals surface area contributed by atoms with Crippen LogP contribution in [0.1, 0.15) is 22.1 Å². The molecule has 0 aliphatic heterocycles. The normalized spacial score (nSPS) is 12.5. The number of hydrogen-bond acceptors (Lipinski definition) is 0. The number of aryl methyl sites for hydroxylation is 1. The quantitative estimate of drug-likeness (QED) is 0.373. The van der Waals surface area contributed by atoms with Crippen LogP contribution < -0.4 is 0 Å². The summed E-state index contributed by atoms with van der Waals surface area (Å²) in [5.74, 6) is -0.381. The molecule has 2 aromatic rings. The molecular weight excluding hydrogens is 418 g/mol. The molecule has 0 N–H and O–H groups in total. The van der Waals surface area contributed by atoms with Gasteiger partial charge in [0.1, 0.15) is 5.82 Å². The second-order valence-corrected chi connectivity index (χ2v) is 6.83. The third-order valence-electron chi connectivity index (χ3n) is 2.67. The van der Waals surface area contributed by atoms with E-state index in [4.69, 9.17) is 23.2 Å². The van der Waals surface area contributed by atoms with Crippen LogP contribution in [0.5, 0.6) is 0 Å². The first-order valence-corrected chi connectivity index (χ1v) is 7.84. The molecule has 0 spiro atoms. The third-order valence-corrected chi connectivity index (χ3v) is 4.81. The van der Waals surface area contributed by atoms with Crippen LogP contribution in [0.4, 0.5) is 4.39 Å². The summed E-state index contributed by atoms with van der Waals surface area (Å²) in [5, 5.41) is -0.143. The summed E-state index contributed by atoms with van der Waals surface area (Å²) in [6.45, 7) is 1.96. The molecular formula is C14H9Br2Cl2F. The maximum atomic E-state index is 14.0. The monoisotopic (exact) mass is 424 g/mol. The lowest BCUT2D eigenvalue weighted by Gasteiger charge is -2.14. The maximum absolute atomic E-state index is 14.0. The lowest BCUT2D eigenvalue weighted by atomic mass is 10.0. The predicted octanol–water partition coefficient (Wildman–Crippen LogP) is 6.64. The van der Waals surface area contributed by atoms with E-state index >= 15 is 0 Å². The SMILES string of the molecule is Cc1cc(Br)cc(C(Cl)c2cc(Cl)c(Br)cc2F)c1. The Morgan fingerprint density at radius 3 is 2.42 bits per heavy atom. The molecule has 5 heteroatoms. The number of alkyl halides is 1. The van der Waals surface area contributed by atoms with E-state index in [9.17, 15) is 4.39 Å². The Bertz CT molecular complexity index is 609. The van der Waals surface area contributed by atoms with Gasteiger partial charge in [-0.15, -0.1) is 11.6 Å². The zero-order valence-corrected chi connectivity index (χ0v) is 14.5. The van der Waals surface area contributed by atoms with Gasteiger partial charge < -0.3 is 0 Å². The highest BCUT2D eigenvalue weighted by Crippen LogP contribution is 2.36. The van der Waals surface area contributed by atoms with E-state index < -0.39 is 5.38 Å². The van der Waals surface area contributed by atoms with Gasteiger partial charge in [0.05, 0.1) is 10.4 Å². The van der Waals surface area contributed by atoms with Crippen molar-refractivity contribution in [2.45, 2.75) is 12.3 Å². The average molecular weight is 427 g/mol. The van der Waals surface area contributed by atoms with Gasteiger partial charge >= 0.3 is 0 Å². The van der Waals surface area contributed by atoms with E-state index in [1.165, 1.54) is 6.07 Å². The van der Waals surface area contributed by atoms with Crippen molar-refractivity contribution in [2.24, 2.45) is 0 Å². The average Bonchev–Trinajstić information content (AvgIpc) is 2.31. The summed E-state index contributed by atoms with van der Waals surface area (Å²) in [5.41, 5.74) is 2.25. The van der Waals surface area contributed by atoms with Crippen LogP contribution in [0.15, 0.2) is 39.3 Å². The van der Waals surface area contributed by atoms with E-state index in [0.29, 0.717) is 15.1 Å². The molecule has 0 saturated heterocycles. The molecule has 0 aliphatic carbocycles. The van der Waals surface area contributed by atoms with Crippen LogP contribution >= 0.6 is 55.1 Å². The summed E-state index contributed by atoms with van der Waals surface area (Å²) in [4.78, 5) is 0. The topological polar surface area (TPSA) is 0 Å². The Kier molecular flexibility index (Phi) is 4.93. The van der Waals surface area contributed by atoms with Crippen molar-refractivity contribution in [3.8, 4) is 0 Å². The molecule has 0 radical (unpaired) electrons. The van der Waals surface area contributed by atoms with E-state index in [1.807, 2.05) is 25.1 Å². The molecule has 0 nitrogen and oxygen atoms in total. The Morgan fingerprint density at radius 1 is 1.11 bits per heavy atom. The molecule has 1 atom stereocenters. The molecule has 19 heavy (non-hydrogen) atoms. The summed E-state index contributed by atoms with van der Waals surface area (Å²) >= 11 is 19.0. The Hall–Kier alpha value is -0.0900. The second kappa shape index (κ2) is 6.13. The van der Waals surface area contributed by atoms with Crippen molar-refractivity contribution < 1.29 is 4.39 Å². The van der Waals surface area contributed by atoms with Crippen molar-refractivity contribution in [3.63, 3.8) is 0 Å². The van der Waals surface area contributed by atoms with Gasteiger partial charge in [0, 0.05) is 14.5 Å². The fraction of sp³-hybridized carbons (Fsp3) is 0.143. The first-order valence-electron chi connectivity index (χ1n) is 5.44. The Morgan fingerprint density at radius 2 is 1.79 bits per heavy atom. The number of halogens is 5. The molecule has 0 aromatic heterocycles. The Labute approximate surface area is 138 Å². The maximum Gasteiger partial charge on any atom is 0.129 e. The van der Waals surface area contributed by atoms with E-state index in [1.54, 1.807) is 6.07 Å². The largest absolute Gasteiger partial charge is 0.207 e. The van der Waals surface area contributed by atoms with Gasteiger partial charge in [0.25, 0.3) is 0 Å². The van der Waals surface area contributed by atoms with Crippen molar-refractivity contribution in [1.82, 2.24) is 0 Å².